The Kier molecular flexibility index (Phi) is 4.79. The van der Waals surface area contributed by atoms with Crippen LogP contribution in [0.4, 0.5) is 17.3 Å². The number of rotatable bonds is 4. The summed E-state index contributed by atoms with van der Waals surface area (Å²) in [6.45, 7) is 0. The highest BCUT2D eigenvalue weighted by Gasteiger charge is 2.06. The lowest BCUT2D eigenvalue weighted by Gasteiger charge is -2.10. The van der Waals surface area contributed by atoms with Gasteiger partial charge in [-0.2, -0.15) is 5.26 Å². The van der Waals surface area contributed by atoms with Crippen molar-refractivity contribution in [3.05, 3.63) is 34.3 Å². The van der Waals surface area contributed by atoms with Gasteiger partial charge in [-0.05, 0) is 40.4 Å². The molecule has 1 aromatic heterocycles. The first-order chi connectivity index (χ1) is 9.66. The van der Waals surface area contributed by atoms with Crippen molar-refractivity contribution in [2.75, 3.05) is 17.0 Å². The van der Waals surface area contributed by atoms with E-state index in [1.165, 1.54) is 11.8 Å². The van der Waals surface area contributed by atoms with E-state index >= 15 is 0 Å². The molecule has 0 radical (unpaired) electrons. The van der Waals surface area contributed by atoms with Crippen molar-refractivity contribution in [2.45, 2.75) is 5.16 Å². The van der Waals surface area contributed by atoms with Crippen LogP contribution in [0.3, 0.4) is 0 Å². The van der Waals surface area contributed by atoms with Gasteiger partial charge in [0.05, 0.1) is 17.3 Å². The van der Waals surface area contributed by atoms with E-state index in [4.69, 9.17) is 11.1 Å². The third-order valence-corrected chi connectivity index (χ3v) is 3.60. The summed E-state index contributed by atoms with van der Waals surface area (Å²) in [4.78, 5) is 8.52. The van der Waals surface area contributed by atoms with Gasteiger partial charge in [-0.15, -0.1) is 0 Å². The zero-order valence-corrected chi connectivity index (χ0v) is 12.9. The molecule has 1 heterocycles. The van der Waals surface area contributed by atoms with Crippen LogP contribution in [0.1, 0.15) is 5.56 Å². The van der Waals surface area contributed by atoms with Gasteiger partial charge < -0.3 is 10.7 Å². The van der Waals surface area contributed by atoms with E-state index in [-0.39, 0.29) is 0 Å². The molecule has 0 saturated heterocycles. The first-order valence-corrected chi connectivity index (χ1v) is 7.54. The molecule has 6 nitrogen and oxygen atoms in total. The molecule has 0 atom stereocenters. The monoisotopic (exact) mass is 350 g/mol. The standard InChI is InChI=1S/C12H11BrN6S/c1-20-12-17-10(5-11(18-12)19-15)16-9-3-2-7(6-14)4-8(9)13/h2-5H,15H2,1H3,(H2,16,17,18,19). The molecule has 0 unspecified atom stereocenters. The second-order valence-corrected chi connectivity index (χ2v) is 5.33. The Hall–Kier alpha value is -1.82. The van der Waals surface area contributed by atoms with Crippen molar-refractivity contribution in [2.24, 2.45) is 5.84 Å². The quantitative estimate of drug-likeness (QED) is 0.337. The highest BCUT2D eigenvalue weighted by Crippen LogP contribution is 2.27. The summed E-state index contributed by atoms with van der Waals surface area (Å²) in [7, 11) is 0. The van der Waals surface area contributed by atoms with Crippen LogP contribution in [-0.4, -0.2) is 16.2 Å². The molecule has 0 saturated carbocycles. The van der Waals surface area contributed by atoms with Crippen molar-refractivity contribution < 1.29 is 0 Å². The fourth-order valence-corrected chi connectivity index (χ4v) is 2.34. The maximum absolute atomic E-state index is 8.84. The van der Waals surface area contributed by atoms with Crippen molar-refractivity contribution in [3.63, 3.8) is 0 Å². The molecule has 1 aromatic carbocycles. The molecular weight excluding hydrogens is 340 g/mol. The summed E-state index contributed by atoms with van der Waals surface area (Å²) >= 11 is 4.83. The molecular formula is C12H11BrN6S. The molecule has 0 aliphatic heterocycles. The number of hydrogen-bond acceptors (Lipinski definition) is 7. The highest BCUT2D eigenvalue weighted by molar-refractivity contribution is 9.10. The van der Waals surface area contributed by atoms with Crippen molar-refractivity contribution in [1.82, 2.24) is 9.97 Å². The highest BCUT2D eigenvalue weighted by atomic mass is 79.9. The zero-order chi connectivity index (χ0) is 14.5. The van der Waals surface area contributed by atoms with Crippen LogP contribution in [0.2, 0.25) is 0 Å². The lowest BCUT2D eigenvalue weighted by molar-refractivity contribution is 0.971. The third-order valence-electron chi connectivity index (χ3n) is 2.40. The van der Waals surface area contributed by atoms with Gasteiger partial charge in [-0.3, -0.25) is 0 Å². The van der Waals surface area contributed by atoms with E-state index in [0.29, 0.717) is 22.4 Å². The van der Waals surface area contributed by atoms with Crippen LogP contribution in [0.25, 0.3) is 0 Å². The predicted molar refractivity (Wildman–Crippen MR) is 83.8 cm³/mol. The molecule has 4 N–H and O–H groups in total. The number of anilines is 3. The molecule has 2 rings (SSSR count). The third kappa shape index (κ3) is 3.39. The number of nitriles is 1. The van der Waals surface area contributed by atoms with Crippen LogP contribution in [-0.2, 0) is 0 Å². The fraction of sp³-hybridized carbons (Fsp3) is 0.0833. The van der Waals surface area contributed by atoms with Gasteiger partial charge in [0, 0.05) is 10.5 Å². The van der Waals surface area contributed by atoms with Gasteiger partial charge in [-0.25, -0.2) is 15.8 Å². The van der Waals surface area contributed by atoms with E-state index in [2.05, 4.69) is 42.7 Å². The number of nitrogens with one attached hydrogen (secondary N) is 2. The molecule has 0 amide bonds. The molecule has 20 heavy (non-hydrogen) atoms. The lowest BCUT2D eigenvalue weighted by atomic mass is 10.2. The molecule has 2 aromatic rings. The van der Waals surface area contributed by atoms with Gasteiger partial charge in [0.1, 0.15) is 11.6 Å². The van der Waals surface area contributed by atoms with Gasteiger partial charge in [-0.1, -0.05) is 11.8 Å². The Bertz CT molecular complexity index is 647. The van der Waals surface area contributed by atoms with Crippen LogP contribution >= 0.6 is 27.7 Å². The van der Waals surface area contributed by atoms with Crippen molar-refractivity contribution >= 4 is 45.0 Å². The molecule has 0 fully saturated rings. The van der Waals surface area contributed by atoms with Crippen LogP contribution < -0.4 is 16.6 Å². The average molecular weight is 351 g/mol. The molecule has 0 aliphatic carbocycles. The Morgan fingerprint density at radius 1 is 1.30 bits per heavy atom. The van der Waals surface area contributed by atoms with Gasteiger partial charge >= 0.3 is 0 Å². The molecule has 8 heteroatoms. The topological polar surface area (TPSA) is 99.6 Å². The van der Waals surface area contributed by atoms with E-state index < -0.39 is 0 Å². The summed E-state index contributed by atoms with van der Waals surface area (Å²) in [5, 5.41) is 12.6. The summed E-state index contributed by atoms with van der Waals surface area (Å²) in [6, 6.07) is 9.05. The minimum absolute atomic E-state index is 0.525. The molecule has 102 valence electrons. The molecule has 0 aliphatic rings. The number of hydrazine groups is 1. The number of aromatic nitrogens is 2. The smallest absolute Gasteiger partial charge is 0.191 e. The van der Waals surface area contributed by atoms with Gasteiger partial charge in [0.25, 0.3) is 0 Å². The summed E-state index contributed by atoms with van der Waals surface area (Å²) in [5.41, 5.74) is 3.89. The first-order valence-electron chi connectivity index (χ1n) is 5.52. The predicted octanol–water partition coefficient (Wildman–Crippen LogP) is 2.86. The Morgan fingerprint density at radius 2 is 2.05 bits per heavy atom. The number of thioether (sulfide) groups is 1. The van der Waals surface area contributed by atoms with E-state index in [0.717, 1.165) is 10.2 Å². The number of benzene rings is 1. The second kappa shape index (κ2) is 6.56. The minimum Gasteiger partial charge on any atom is -0.339 e. The Labute approximate surface area is 128 Å². The lowest BCUT2D eigenvalue weighted by Crippen LogP contribution is -2.10. The van der Waals surface area contributed by atoms with Crippen LogP contribution in [0.5, 0.6) is 0 Å². The largest absolute Gasteiger partial charge is 0.339 e. The van der Waals surface area contributed by atoms with Crippen LogP contribution in [0.15, 0.2) is 33.9 Å². The number of halogens is 1. The molecule has 0 spiro atoms. The number of hydrogen-bond donors (Lipinski definition) is 3. The van der Waals surface area contributed by atoms with Crippen molar-refractivity contribution in [3.8, 4) is 6.07 Å². The summed E-state index contributed by atoms with van der Waals surface area (Å²) < 4.78 is 0.781. The average Bonchev–Trinajstić information content (AvgIpc) is 2.48. The summed E-state index contributed by atoms with van der Waals surface area (Å²) in [6.07, 6.45) is 1.89. The maximum atomic E-state index is 8.84. The minimum atomic E-state index is 0.525. The number of nitrogen functional groups attached to an aromatic ring is 1. The van der Waals surface area contributed by atoms with E-state index in [1.807, 2.05) is 6.26 Å². The Morgan fingerprint density at radius 3 is 2.65 bits per heavy atom. The first kappa shape index (κ1) is 14.6. The van der Waals surface area contributed by atoms with Crippen LogP contribution in [0, 0.1) is 11.3 Å². The zero-order valence-electron chi connectivity index (χ0n) is 10.5. The number of nitrogens with two attached hydrogens (primary N) is 1. The Balaban J connectivity index is 2.32. The summed E-state index contributed by atoms with van der Waals surface area (Å²) in [5.74, 6) is 6.52. The number of nitrogens with zero attached hydrogens (tertiary/aromatic N) is 3. The van der Waals surface area contributed by atoms with E-state index in [9.17, 15) is 0 Å². The van der Waals surface area contributed by atoms with Gasteiger partial charge in [0.15, 0.2) is 5.16 Å². The normalized spacial score (nSPS) is 9.90. The van der Waals surface area contributed by atoms with Gasteiger partial charge in [0.2, 0.25) is 0 Å². The second-order valence-electron chi connectivity index (χ2n) is 3.70. The molecule has 0 bridgehead atoms. The van der Waals surface area contributed by atoms with Crippen molar-refractivity contribution in [1.29, 1.82) is 5.26 Å². The fourth-order valence-electron chi connectivity index (χ4n) is 1.48. The van der Waals surface area contributed by atoms with E-state index in [1.54, 1.807) is 24.3 Å². The SMILES string of the molecule is CSc1nc(NN)cc(Nc2ccc(C#N)cc2Br)n1. The maximum Gasteiger partial charge on any atom is 0.191 e.